The number of aromatic nitrogens is 4. The summed E-state index contributed by atoms with van der Waals surface area (Å²) in [5, 5.41) is 7.14. The number of nitrogens with one attached hydrogen (secondary N) is 1. The quantitative estimate of drug-likeness (QED) is 0.914. The molecule has 6 nitrogen and oxygen atoms in total. The average Bonchev–Trinajstić information content (AvgIpc) is 3.09. The van der Waals surface area contributed by atoms with Crippen LogP contribution in [0.3, 0.4) is 0 Å². The van der Waals surface area contributed by atoms with E-state index in [0.717, 1.165) is 43.1 Å². The first-order valence-electron chi connectivity index (χ1n) is 7.82. The van der Waals surface area contributed by atoms with Gasteiger partial charge in [-0.2, -0.15) is 5.10 Å². The lowest BCUT2D eigenvalue weighted by atomic mass is 10.1. The highest BCUT2D eigenvalue weighted by atomic mass is 15.2. The van der Waals surface area contributed by atoms with Gasteiger partial charge in [-0.05, 0) is 40.4 Å². The molecule has 3 rings (SSSR count). The molecule has 118 valence electrons. The number of nitrogens with zero attached hydrogens (tertiary/aromatic N) is 5. The highest BCUT2D eigenvalue weighted by molar-refractivity contribution is 5.16. The van der Waals surface area contributed by atoms with Crippen molar-refractivity contribution in [2.24, 2.45) is 0 Å². The summed E-state index contributed by atoms with van der Waals surface area (Å²) in [7, 11) is 4.11. The van der Waals surface area contributed by atoms with Crippen molar-refractivity contribution in [2.45, 2.75) is 38.9 Å². The lowest BCUT2D eigenvalue weighted by Gasteiger charge is -2.24. The van der Waals surface area contributed by atoms with Gasteiger partial charge < -0.3 is 4.90 Å². The second-order valence-electron chi connectivity index (χ2n) is 6.32. The monoisotopic (exact) mass is 300 g/mol. The van der Waals surface area contributed by atoms with Crippen molar-refractivity contribution in [1.82, 2.24) is 30.0 Å². The summed E-state index contributed by atoms with van der Waals surface area (Å²) in [4.78, 5) is 13.8. The minimum absolute atomic E-state index is 0.365. The maximum absolute atomic E-state index is 4.83. The third-order valence-corrected chi connectivity index (χ3v) is 4.19. The van der Waals surface area contributed by atoms with Crippen LogP contribution in [0, 0.1) is 6.92 Å². The Bertz CT molecular complexity index is 621. The molecule has 1 atom stereocenters. The number of hydrogen-bond donors (Lipinski definition) is 1. The number of aromatic amines is 1. The largest absolute Gasteiger partial charge is 0.304 e. The molecule has 1 fully saturated rings. The fraction of sp³-hybridized carbons (Fsp3) is 0.562. The van der Waals surface area contributed by atoms with Crippen LogP contribution in [0.4, 0.5) is 0 Å². The Balaban J connectivity index is 1.76. The van der Waals surface area contributed by atoms with E-state index in [1.165, 1.54) is 12.0 Å². The Morgan fingerprint density at radius 3 is 2.91 bits per heavy atom. The molecule has 22 heavy (non-hydrogen) atoms. The summed E-state index contributed by atoms with van der Waals surface area (Å²) in [6.45, 7) is 4.93. The zero-order valence-electron chi connectivity index (χ0n) is 13.6. The van der Waals surface area contributed by atoms with Gasteiger partial charge in [0, 0.05) is 36.7 Å². The maximum atomic E-state index is 4.83. The highest BCUT2D eigenvalue weighted by Gasteiger charge is 2.28. The Labute approximate surface area is 131 Å². The summed E-state index contributed by atoms with van der Waals surface area (Å²) in [6, 6.07) is 0.365. The number of H-pyrrole nitrogens is 1. The molecule has 2 aromatic rings. The van der Waals surface area contributed by atoms with E-state index >= 15 is 0 Å². The lowest BCUT2D eigenvalue weighted by Crippen LogP contribution is -2.24. The second kappa shape index (κ2) is 6.54. The minimum atomic E-state index is 0.365. The molecular formula is C16H24N6. The van der Waals surface area contributed by atoms with E-state index in [2.05, 4.69) is 46.0 Å². The van der Waals surface area contributed by atoms with Crippen LogP contribution in [0.2, 0.25) is 0 Å². The summed E-state index contributed by atoms with van der Waals surface area (Å²) in [5.41, 5.74) is 4.55. The van der Waals surface area contributed by atoms with Crippen molar-refractivity contribution in [1.29, 1.82) is 0 Å². The van der Waals surface area contributed by atoms with Gasteiger partial charge in [0.1, 0.15) is 0 Å². The van der Waals surface area contributed by atoms with Crippen LogP contribution in [-0.4, -0.2) is 50.6 Å². The Hall–Kier alpha value is -1.79. The molecule has 0 spiro atoms. The number of likely N-dealkylation sites (tertiary alicyclic amines) is 1. The van der Waals surface area contributed by atoms with Gasteiger partial charge in [0.25, 0.3) is 0 Å². The van der Waals surface area contributed by atoms with E-state index in [-0.39, 0.29) is 0 Å². The first-order valence-corrected chi connectivity index (χ1v) is 7.82. The molecule has 0 bridgehead atoms. The topological polar surface area (TPSA) is 60.9 Å². The molecule has 2 aromatic heterocycles. The lowest BCUT2D eigenvalue weighted by molar-refractivity contribution is 0.243. The van der Waals surface area contributed by atoms with Crippen molar-refractivity contribution in [3.05, 3.63) is 41.2 Å². The van der Waals surface area contributed by atoms with Crippen molar-refractivity contribution in [3.63, 3.8) is 0 Å². The summed E-state index contributed by atoms with van der Waals surface area (Å²) < 4.78 is 0. The van der Waals surface area contributed by atoms with E-state index in [0.29, 0.717) is 6.04 Å². The van der Waals surface area contributed by atoms with Crippen LogP contribution in [0.1, 0.15) is 41.5 Å². The Morgan fingerprint density at radius 1 is 1.32 bits per heavy atom. The fourth-order valence-corrected chi connectivity index (χ4v) is 3.09. The third kappa shape index (κ3) is 3.34. The molecular weight excluding hydrogens is 276 g/mol. The van der Waals surface area contributed by atoms with Gasteiger partial charge in [-0.15, -0.1) is 0 Å². The maximum Gasteiger partial charge on any atom is 0.0762 e. The van der Waals surface area contributed by atoms with Gasteiger partial charge in [-0.3, -0.25) is 20.0 Å². The molecule has 1 aliphatic heterocycles. The molecule has 3 heterocycles. The Kier molecular flexibility index (Phi) is 4.49. The summed E-state index contributed by atoms with van der Waals surface area (Å²) >= 11 is 0. The smallest absolute Gasteiger partial charge is 0.0762 e. The fourth-order valence-electron chi connectivity index (χ4n) is 3.09. The molecule has 1 N–H and O–H groups in total. The van der Waals surface area contributed by atoms with Gasteiger partial charge in [0.05, 0.1) is 23.6 Å². The zero-order valence-corrected chi connectivity index (χ0v) is 13.6. The average molecular weight is 300 g/mol. The van der Waals surface area contributed by atoms with Crippen LogP contribution < -0.4 is 0 Å². The number of rotatable bonds is 5. The van der Waals surface area contributed by atoms with E-state index in [1.54, 1.807) is 0 Å². The summed E-state index contributed by atoms with van der Waals surface area (Å²) in [5.74, 6) is 0. The standard InChI is InChI=1S/C16H24N6/c1-12-13(7-18-20-12)10-22-6-4-5-16(22)15-9-17-8-14(19-15)11-21(2)3/h7-9,16H,4-6,10-11H2,1-3H3,(H,18,20). The first kappa shape index (κ1) is 15.1. The summed E-state index contributed by atoms with van der Waals surface area (Å²) in [6.07, 6.45) is 8.07. The zero-order chi connectivity index (χ0) is 15.5. The number of hydrogen-bond acceptors (Lipinski definition) is 5. The SMILES string of the molecule is Cc1[nH]ncc1CN1CCCC1c1cncc(CN(C)C)n1. The predicted molar refractivity (Wildman–Crippen MR) is 85.1 cm³/mol. The van der Waals surface area contributed by atoms with Crippen molar-refractivity contribution < 1.29 is 0 Å². The normalized spacial score (nSPS) is 19.2. The van der Waals surface area contributed by atoms with E-state index in [9.17, 15) is 0 Å². The molecule has 0 saturated carbocycles. The number of aryl methyl sites for hydroxylation is 1. The second-order valence-corrected chi connectivity index (χ2v) is 6.32. The van der Waals surface area contributed by atoms with Crippen molar-refractivity contribution >= 4 is 0 Å². The van der Waals surface area contributed by atoms with Gasteiger partial charge in [0.2, 0.25) is 0 Å². The predicted octanol–water partition coefficient (Wildman–Crippen LogP) is 1.91. The van der Waals surface area contributed by atoms with Crippen LogP contribution in [0.25, 0.3) is 0 Å². The first-order chi connectivity index (χ1) is 10.6. The molecule has 1 saturated heterocycles. The molecule has 0 amide bonds. The van der Waals surface area contributed by atoms with E-state index < -0.39 is 0 Å². The van der Waals surface area contributed by atoms with Crippen molar-refractivity contribution in [2.75, 3.05) is 20.6 Å². The van der Waals surface area contributed by atoms with E-state index in [1.807, 2.05) is 18.6 Å². The van der Waals surface area contributed by atoms with Crippen LogP contribution in [0.5, 0.6) is 0 Å². The van der Waals surface area contributed by atoms with Crippen LogP contribution in [-0.2, 0) is 13.1 Å². The van der Waals surface area contributed by atoms with E-state index in [4.69, 9.17) is 4.98 Å². The van der Waals surface area contributed by atoms with Gasteiger partial charge >= 0.3 is 0 Å². The van der Waals surface area contributed by atoms with Gasteiger partial charge in [-0.25, -0.2) is 0 Å². The van der Waals surface area contributed by atoms with Crippen molar-refractivity contribution in [3.8, 4) is 0 Å². The van der Waals surface area contributed by atoms with Crippen LogP contribution in [0.15, 0.2) is 18.6 Å². The van der Waals surface area contributed by atoms with Gasteiger partial charge in [-0.1, -0.05) is 0 Å². The molecule has 1 unspecified atom stereocenters. The molecule has 1 aliphatic rings. The Morgan fingerprint density at radius 2 is 2.18 bits per heavy atom. The molecule has 0 radical (unpaired) electrons. The minimum Gasteiger partial charge on any atom is -0.304 e. The molecule has 0 aliphatic carbocycles. The highest BCUT2D eigenvalue weighted by Crippen LogP contribution is 2.32. The molecule has 0 aromatic carbocycles. The third-order valence-electron chi connectivity index (χ3n) is 4.19. The van der Waals surface area contributed by atoms with Gasteiger partial charge in [0.15, 0.2) is 0 Å². The molecule has 6 heteroatoms. The van der Waals surface area contributed by atoms with Crippen LogP contribution >= 0.6 is 0 Å².